The molecule has 22 heavy (non-hydrogen) atoms. The molecular formula is C16H18ClN3O2. The Hall–Kier alpha value is -2.01. The third-order valence-corrected chi connectivity index (χ3v) is 4.28. The van der Waals surface area contributed by atoms with Gasteiger partial charge in [-0.3, -0.25) is 9.48 Å². The fourth-order valence-electron chi connectivity index (χ4n) is 2.72. The molecule has 0 radical (unpaired) electrons. The average Bonchev–Trinajstić information content (AvgIpc) is 3.19. The van der Waals surface area contributed by atoms with E-state index < -0.39 is 0 Å². The van der Waals surface area contributed by atoms with Crippen LogP contribution in [0.25, 0.3) is 0 Å². The van der Waals surface area contributed by atoms with E-state index in [4.69, 9.17) is 16.3 Å². The largest absolute Gasteiger partial charge is 0.495 e. The Bertz CT molecular complexity index is 698. The van der Waals surface area contributed by atoms with E-state index in [0.717, 1.165) is 17.5 Å². The van der Waals surface area contributed by atoms with Crippen molar-refractivity contribution in [2.45, 2.75) is 18.9 Å². The second-order valence-electron chi connectivity index (χ2n) is 5.55. The van der Waals surface area contributed by atoms with E-state index in [1.165, 1.54) is 0 Å². The Balaban J connectivity index is 1.59. The van der Waals surface area contributed by atoms with Crippen molar-refractivity contribution in [3.8, 4) is 5.75 Å². The van der Waals surface area contributed by atoms with Gasteiger partial charge in [0.25, 0.3) is 0 Å². The second-order valence-corrected chi connectivity index (χ2v) is 5.95. The number of carbonyl (C=O) groups is 1. The van der Waals surface area contributed by atoms with E-state index in [1.54, 1.807) is 17.9 Å². The topological polar surface area (TPSA) is 56.1 Å². The van der Waals surface area contributed by atoms with Crippen LogP contribution in [0.3, 0.4) is 0 Å². The Morgan fingerprint density at radius 3 is 3.05 bits per heavy atom. The van der Waals surface area contributed by atoms with Gasteiger partial charge < -0.3 is 10.1 Å². The summed E-state index contributed by atoms with van der Waals surface area (Å²) < 4.78 is 7.05. The maximum Gasteiger partial charge on any atom is 0.224 e. The number of hydrogen-bond donors (Lipinski definition) is 1. The lowest BCUT2D eigenvalue weighted by atomic mass is 10.1. The van der Waals surface area contributed by atoms with Gasteiger partial charge in [-0.1, -0.05) is 23.7 Å². The molecule has 0 saturated heterocycles. The van der Waals surface area contributed by atoms with Crippen LogP contribution in [0.4, 0.5) is 0 Å². The summed E-state index contributed by atoms with van der Waals surface area (Å²) in [5.74, 6) is 1.00. The third kappa shape index (κ3) is 2.95. The Kier molecular flexibility index (Phi) is 4.07. The number of para-hydroxylation sites is 1. The van der Waals surface area contributed by atoms with Gasteiger partial charge in [-0.05, 0) is 24.0 Å². The summed E-state index contributed by atoms with van der Waals surface area (Å²) in [6, 6.07) is 5.52. The molecule has 0 aliphatic heterocycles. The predicted molar refractivity (Wildman–Crippen MR) is 83.9 cm³/mol. The number of aromatic nitrogens is 2. The van der Waals surface area contributed by atoms with E-state index in [0.29, 0.717) is 17.3 Å². The van der Waals surface area contributed by atoms with Gasteiger partial charge in [0.05, 0.1) is 18.3 Å². The minimum absolute atomic E-state index is 0.0365. The molecule has 1 heterocycles. The van der Waals surface area contributed by atoms with Crippen molar-refractivity contribution in [1.82, 2.24) is 15.1 Å². The summed E-state index contributed by atoms with van der Waals surface area (Å²) in [6.45, 7) is 0.416. The first-order valence-electron chi connectivity index (χ1n) is 7.17. The number of halogens is 1. The maximum atomic E-state index is 12.2. The van der Waals surface area contributed by atoms with Crippen molar-refractivity contribution in [2.75, 3.05) is 7.11 Å². The number of amides is 1. The summed E-state index contributed by atoms with van der Waals surface area (Å²) in [6.07, 6.45) is 4.68. The van der Waals surface area contributed by atoms with Gasteiger partial charge >= 0.3 is 0 Å². The maximum absolute atomic E-state index is 12.2. The van der Waals surface area contributed by atoms with Crippen LogP contribution in [-0.2, 0) is 18.4 Å². The monoisotopic (exact) mass is 319 g/mol. The summed E-state index contributed by atoms with van der Waals surface area (Å²) in [5.41, 5.74) is 2.00. The third-order valence-electron chi connectivity index (χ3n) is 3.99. The highest BCUT2D eigenvalue weighted by Gasteiger charge is 2.44. The van der Waals surface area contributed by atoms with Crippen molar-refractivity contribution >= 4 is 17.5 Å². The first-order chi connectivity index (χ1) is 10.6. The highest BCUT2D eigenvalue weighted by molar-refractivity contribution is 6.32. The average molecular weight is 320 g/mol. The zero-order chi connectivity index (χ0) is 15.7. The van der Waals surface area contributed by atoms with Crippen LogP contribution in [0.2, 0.25) is 5.02 Å². The van der Waals surface area contributed by atoms with Gasteiger partial charge in [0.1, 0.15) is 5.75 Å². The molecule has 1 fully saturated rings. The number of rotatable bonds is 5. The van der Waals surface area contributed by atoms with E-state index >= 15 is 0 Å². The van der Waals surface area contributed by atoms with Gasteiger partial charge in [-0.2, -0.15) is 5.10 Å². The van der Waals surface area contributed by atoms with Crippen LogP contribution in [0.15, 0.2) is 30.6 Å². The summed E-state index contributed by atoms with van der Waals surface area (Å²) in [7, 11) is 3.46. The fraction of sp³-hybridized carbons (Fsp3) is 0.375. The van der Waals surface area contributed by atoms with Gasteiger partial charge in [0, 0.05) is 31.3 Å². The molecule has 1 amide bonds. The highest BCUT2D eigenvalue weighted by Crippen LogP contribution is 2.47. The molecular weight excluding hydrogens is 302 g/mol. The number of ether oxygens (including phenoxy) is 1. The SMILES string of the molecule is COc1c(Cl)cccc1CNC(=O)[C@@H]1C[C@H]1c1cnn(C)c1. The molecule has 0 spiro atoms. The van der Waals surface area contributed by atoms with Crippen molar-refractivity contribution in [1.29, 1.82) is 0 Å². The fourth-order valence-corrected chi connectivity index (χ4v) is 2.99. The minimum Gasteiger partial charge on any atom is -0.495 e. The molecule has 0 unspecified atom stereocenters. The lowest BCUT2D eigenvalue weighted by Gasteiger charge is -2.11. The molecule has 1 N–H and O–H groups in total. The zero-order valence-corrected chi connectivity index (χ0v) is 13.3. The van der Waals surface area contributed by atoms with Crippen LogP contribution < -0.4 is 10.1 Å². The molecule has 3 rings (SSSR count). The van der Waals surface area contributed by atoms with Gasteiger partial charge in [0.15, 0.2) is 0 Å². The van der Waals surface area contributed by atoms with Crippen molar-refractivity contribution in [2.24, 2.45) is 13.0 Å². The smallest absolute Gasteiger partial charge is 0.224 e. The molecule has 1 aliphatic carbocycles. The Morgan fingerprint density at radius 1 is 1.55 bits per heavy atom. The standard InChI is InChI=1S/C16H18ClN3O2/c1-20-9-11(8-19-20)12-6-13(12)16(21)18-7-10-4-3-5-14(17)15(10)22-2/h3-5,8-9,12-13H,6-7H2,1-2H3,(H,18,21)/t12-,13+/m0/s1. The van der Waals surface area contributed by atoms with Gasteiger partial charge in [0.2, 0.25) is 5.91 Å². The predicted octanol–water partition coefficient (Wildman–Crippen LogP) is 2.50. The number of benzene rings is 1. The van der Waals surface area contributed by atoms with Crippen LogP contribution >= 0.6 is 11.6 Å². The van der Waals surface area contributed by atoms with Crippen LogP contribution in [0.1, 0.15) is 23.5 Å². The van der Waals surface area contributed by atoms with E-state index in [9.17, 15) is 4.79 Å². The van der Waals surface area contributed by atoms with Crippen molar-refractivity contribution in [3.05, 3.63) is 46.7 Å². The molecule has 116 valence electrons. The second kappa shape index (κ2) is 6.01. The minimum atomic E-state index is 0.0365. The lowest BCUT2D eigenvalue weighted by molar-refractivity contribution is -0.122. The van der Waals surface area contributed by atoms with Crippen LogP contribution in [0, 0.1) is 5.92 Å². The number of carbonyl (C=O) groups excluding carboxylic acids is 1. The van der Waals surface area contributed by atoms with Gasteiger partial charge in [-0.25, -0.2) is 0 Å². The molecule has 1 saturated carbocycles. The van der Waals surface area contributed by atoms with E-state index in [2.05, 4.69) is 10.4 Å². The Morgan fingerprint density at radius 2 is 2.36 bits per heavy atom. The van der Waals surface area contributed by atoms with E-state index in [-0.39, 0.29) is 17.7 Å². The number of methoxy groups -OCH3 is 1. The summed E-state index contributed by atoms with van der Waals surface area (Å²) in [4.78, 5) is 12.2. The van der Waals surface area contributed by atoms with Crippen LogP contribution in [0.5, 0.6) is 5.75 Å². The number of hydrogen-bond acceptors (Lipinski definition) is 3. The first-order valence-corrected chi connectivity index (χ1v) is 7.55. The molecule has 0 bridgehead atoms. The zero-order valence-electron chi connectivity index (χ0n) is 12.5. The van der Waals surface area contributed by atoms with Crippen molar-refractivity contribution in [3.63, 3.8) is 0 Å². The first kappa shape index (κ1) is 14.9. The van der Waals surface area contributed by atoms with Crippen molar-refractivity contribution < 1.29 is 9.53 Å². The summed E-state index contributed by atoms with van der Waals surface area (Å²) >= 11 is 6.08. The quantitative estimate of drug-likeness (QED) is 0.921. The molecule has 2 aromatic rings. The molecule has 5 nitrogen and oxygen atoms in total. The molecule has 1 aromatic carbocycles. The number of aryl methyl sites for hydroxylation is 1. The van der Waals surface area contributed by atoms with E-state index in [1.807, 2.05) is 31.6 Å². The normalized spacial score (nSPS) is 19.8. The molecule has 1 aliphatic rings. The molecule has 6 heteroatoms. The molecule has 2 atom stereocenters. The lowest BCUT2D eigenvalue weighted by Crippen LogP contribution is -2.25. The van der Waals surface area contributed by atoms with Crippen LogP contribution in [-0.4, -0.2) is 22.8 Å². The summed E-state index contributed by atoms with van der Waals surface area (Å²) in [5, 5.41) is 7.67. The number of nitrogens with zero attached hydrogens (tertiary/aromatic N) is 2. The highest BCUT2D eigenvalue weighted by atomic mass is 35.5. The van der Waals surface area contributed by atoms with Gasteiger partial charge in [-0.15, -0.1) is 0 Å². The number of nitrogens with one attached hydrogen (secondary N) is 1. The Labute approximate surface area is 134 Å². The molecule has 1 aromatic heterocycles.